The van der Waals surface area contributed by atoms with Crippen LogP contribution in [0.2, 0.25) is 0 Å². The van der Waals surface area contributed by atoms with Crippen molar-refractivity contribution in [3.05, 3.63) is 101 Å². The smallest absolute Gasteiger partial charge is 0.265 e. The third-order valence-electron chi connectivity index (χ3n) is 14.0. The van der Waals surface area contributed by atoms with Crippen LogP contribution in [0.3, 0.4) is 0 Å². The molecule has 9 rings (SSSR count). The normalized spacial score (nSPS) is 23.0. The maximum atomic E-state index is 13.9. The molecule has 4 fully saturated rings. The van der Waals surface area contributed by atoms with E-state index in [0.29, 0.717) is 63.7 Å². The van der Waals surface area contributed by atoms with Gasteiger partial charge in [-0.2, -0.15) is 0 Å². The number of amides is 1. The number of carbonyl (C=O) groups excluding carboxylic acids is 1. The number of piperazine rings is 1. The zero-order valence-electron chi connectivity index (χ0n) is 36.0. The molecule has 14 heteroatoms. The fourth-order valence-corrected chi connectivity index (χ4v) is 10.9. The number of nitroso groups, excluding NO2 is 1. The van der Waals surface area contributed by atoms with Crippen LogP contribution >= 0.6 is 11.9 Å². The molecule has 5 aromatic rings. The van der Waals surface area contributed by atoms with Crippen molar-refractivity contribution in [2.45, 2.75) is 101 Å². The lowest BCUT2D eigenvalue weighted by Crippen LogP contribution is -2.59. The summed E-state index contributed by atoms with van der Waals surface area (Å²) in [6.07, 6.45) is 13.2. The molecule has 5 N–H and O–H groups in total. The molecule has 2 saturated carbocycles. The van der Waals surface area contributed by atoms with Gasteiger partial charge in [0, 0.05) is 85.8 Å². The van der Waals surface area contributed by atoms with Gasteiger partial charge in [-0.15, -0.1) is 4.91 Å². The second-order valence-electron chi connectivity index (χ2n) is 18.6. The van der Waals surface area contributed by atoms with Crippen LogP contribution in [0, 0.1) is 16.2 Å². The third kappa shape index (κ3) is 9.20. The summed E-state index contributed by atoms with van der Waals surface area (Å²) in [5, 5.41) is 21.4. The van der Waals surface area contributed by atoms with Crippen LogP contribution in [0.15, 0.2) is 89.3 Å². The molecule has 1 amide bonds. The van der Waals surface area contributed by atoms with E-state index in [0.717, 1.165) is 99.9 Å². The van der Waals surface area contributed by atoms with Crippen molar-refractivity contribution in [3.63, 3.8) is 0 Å². The maximum absolute atomic E-state index is 13.9. The summed E-state index contributed by atoms with van der Waals surface area (Å²) < 4.78 is 9.42. The minimum Gasteiger partial charge on any atom is -0.455 e. The molecular formula is C48H59N9O4S. The van der Waals surface area contributed by atoms with Gasteiger partial charge in [-0.1, -0.05) is 38.1 Å². The van der Waals surface area contributed by atoms with Gasteiger partial charge in [0.1, 0.15) is 17.1 Å². The molecule has 5 heterocycles. The van der Waals surface area contributed by atoms with E-state index in [-0.39, 0.29) is 11.6 Å². The fourth-order valence-electron chi connectivity index (χ4n) is 10.3. The van der Waals surface area contributed by atoms with Gasteiger partial charge in [-0.05, 0) is 134 Å². The summed E-state index contributed by atoms with van der Waals surface area (Å²) in [7, 11) is 0. The SMILES string of the molecule is CC(C)c1ccccc1[C@@H]1CNCCN1C1CC2(CCN(c3ccc(C(=O)NSc4cnc(NCC5CCC(C)(O)CC5)c(N=O)c4)c(Oc4cnc5[nH]ccc5c4)c3)CC2)C1. The van der Waals surface area contributed by atoms with Crippen LogP contribution in [0.1, 0.15) is 106 Å². The first-order chi connectivity index (χ1) is 30.0. The highest BCUT2D eigenvalue weighted by Gasteiger charge is 2.49. The number of aromatic amines is 1. The molecule has 0 bridgehead atoms. The number of nitrogens with zero attached hydrogens (tertiary/aromatic N) is 5. The summed E-state index contributed by atoms with van der Waals surface area (Å²) in [6, 6.07) is 21.3. The number of H-pyrrole nitrogens is 1. The van der Waals surface area contributed by atoms with Gasteiger partial charge in [0.2, 0.25) is 0 Å². The molecule has 2 aliphatic heterocycles. The standard InChI is InChI=1S/C48H59N9O4S/c1-31(2)38-6-4-5-7-39(38)42-30-49-18-21-57(42)35-25-48(26-35)15-19-56(20-16-48)34-8-9-40(43(23-34)61-36-22-33-12-17-50-44(33)52-28-36)46(58)55-62-37-24-41(54-60)45(53-29-37)51-27-32-10-13-47(3,59)14-11-32/h4-9,12,17,22-24,28-29,31-32,35,42,49,59H,10-11,13-16,18-21,25-27,30H2,1-3H3,(H,50,52)(H,51,53)(H,55,58)/t32?,42-,47?/m0/s1. The van der Waals surface area contributed by atoms with E-state index in [1.807, 2.05) is 43.5 Å². The molecule has 0 radical (unpaired) electrons. The second kappa shape index (κ2) is 18.0. The van der Waals surface area contributed by atoms with E-state index >= 15 is 0 Å². The Balaban J connectivity index is 0.859. The van der Waals surface area contributed by atoms with E-state index in [9.17, 15) is 14.8 Å². The molecule has 13 nitrogen and oxygen atoms in total. The Hall–Kier alpha value is -5.02. The number of piperidine rings is 1. The van der Waals surface area contributed by atoms with E-state index in [1.54, 1.807) is 18.5 Å². The molecule has 4 aliphatic rings. The zero-order chi connectivity index (χ0) is 42.8. The quantitative estimate of drug-likeness (QED) is 0.0567. The number of benzene rings is 2. The number of ether oxygens (including phenoxy) is 1. The van der Waals surface area contributed by atoms with Crippen LogP contribution in [-0.2, 0) is 0 Å². The van der Waals surface area contributed by atoms with Crippen LogP contribution in [0.25, 0.3) is 11.0 Å². The molecule has 2 aromatic carbocycles. The minimum atomic E-state index is -0.605. The average Bonchev–Trinajstić information content (AvgIpc) is 3.75. The molecule has 2 saturated heterocycles. The number of fused-ring (bicyclic) bond motifs is 1. The Morgan fingerprint density at radius 1 is 1.02 bits per heavy atom. The number of carbonyl (C=O) groups is 1. The van der Waals surface area contributed by atoms with Crippen molar-refractivity contribution in [1.82, 2.24) is 29.9 Å². The minimum absolute atomic E-state index is 0.175. The number of hydrogen-bond donors (Lipinski definition) is 5. The molecule has 0 unspecified atom stereocenters. The highest BCUT2D eigenvalue weighted by atomic mass is 32.2. The number of aliphatic hydroxyl groups is 1. The van der Waals surface area contributed by atoms with Gasteiger partial charge in [-0.3, -0.25) is 14.4 Å². The molecule has 2 aliphatic carbocycles. The first-order valence-electron chi connectivity index (χ1n) is 22.4. The molecule has 1 atom stereocenters. The third-order valence-corrected chi connectivity index (χ3v) is 14.8. The van der Waals surface area contributed by atoms with Crippen LogP contribution < -0.4 is 25.0 Å². The second-order valence-corrected chi connectivity index (χ2v) is 19.5. The zero-order valence-corrected chi connectivity index (χ0v) is 36.8. The molecule has 326 valence electrons. The Labute approximate surface area is 368 Å². The van der Waals surface area contributed by atoms with E-state index in [2.05, 4.69) is 83.4 Å². The van der Waals surface area contributed by atoms with Crippen LogP contribution in [0.4, 0.5) is 17.2 Å². The van der Waals surface area contributed by atoms with Gasteiger partial charge in [0.15, 0.2) is 11.5 Å². The summed E-state index contributed by atoms with van der Waals surface area (Å²) in [4.78, 5) is 43.7. The fraction of sp³-hybridized carbons (Fsp3) is 0.479. The van der Waals surface area contributed by atoms with Crippen molar-refractivity contribution in [2.75, 3.05) is 49.5 Å². The molecule has 62 heavy (non-hydrogen) atoms. The Kier molecular flexibility index (Phi) is 12.3. The number of pyridine rings is 2. The van der Waals surface area contributed by atoms with Crippen molar-refractivity contribution in [2.24, 2.45) is 16.5 Å². The lowest BCUT2D eigenvalue weighted by atomic mass is 9.59. The van der Waals surface area contributed by atoms with E-state index < -0.39 is 5.60 Å². The Morgan fingerprint density at radius 2 is 1.82 bits per heavy atom. The summed E-state index contributed by atoms with van der Waals surface area (Å²) in [6.45, 7) is 12.1. The summed E-state index contributed by atoms with van der Waals surface area (Å²) >= 11 is 1.07. The number of rotatable bonds is 13. The first kappa shape index (κ1) is 42.3. The van der Waals surface area contributed by atoms with Crippen molar-refractivity contribution in [1.29, 1.82) is 0 Å². The summed E-state index contributed by atoms with van der Waals surface area (Å²) in [5.41, 5.74) is 5.03. The highest BCUT2D eigenvalue weighted by molar-refractivity contribution is 7.98. The Morgan fingerprint density at radius 3 is 2.61 bits per heavy atom. The molecule has 3 aromatic heterocycles. The molecule has 1 spiro atoms. The largest absolute Gasteiger partial charge is 0.455 e. The predicted octanol–water partition coefficient (Wildman–Crippen LogP) is 9.46. The topological polar surface area (TPSA) is 160 Å². The number of aromatic nitrogens is 3. The number of anilines is 2. The van der Waals surface area contributed by atoms with Gasteiger partial charge < -0.3 is 30.4 Å². The number of hydrogen-bond acceptors (Lipinski definition) is 12. The van der Waals surface area contributed by atoms with Gasteiger partial charge in [0.05, 0.1) is 17.4 Å². The van der Waals surface area contributed by atoms with E-state index in [1.165, 1.54) is 24.0 Å². The predicted molar refractivity (Wildman–Crippen MR) is 246 cm³/mol. The van der Waals surface area contributed by atoms with Crippen LogP contribution in [0.5, 0.6) is 11.5 Å². The lowest BCUT2D eigenvalue weighted by Gasteiger charge is -2.57. The Bertz CT molecular complexity index is 2380. The van der Waals surface area contributed by atoms with Crippen molar-refractivity contribution in [3.8, 4) is 11.5 Å². The monoisotopic (exact) mass is 857 g/mol. The van der Waals surface area contributed by atoms with Gasteiger partial charge in [-0.25, -0.2) is 9.97 Å². The summed E-state index contributed by atoms with van der Waals surface area (Å²) in [5.74, 6) is 1.91. The van der Waals surface area contributed by atoms with Crippen molar-refractivity contribution >= 4 is 46.1 Å². The van der Waals surface area contributed by atoms with Crippen molar-refractivity contribution < 1.29 is 14.6 Å². The molecular weight excluding hydrogens is 799 g/mol. The lowest BCUT2D eigenvalue weighted by molar-refractivity contribution is -0.0432. The van der Waals surface area contributed by atoms with E-state index in [4.69, 9.17) is 4.74 Å². The number of nitrogens with one attached hydrogen (secondary N) is 4. The first-order valence-corrected chi connectivity index (χ1v) is 23.2. The highest BCUT2D eigenvalue weighted by Crippen LogP contribution is 2.53. The average molecular weight is 858 g/mol. The van der Waals surface area contributed by atoms with Gasteiger partial charge >= 0.3 is 0 Å². The maximum Gasteiger partial charge on any atom is 0.265 e. The van der Waals surface area contributed by atoms with Gasteiger partial charge in [0.25, 0.3) is 5.91 Å². The van der Waals surface area contributed by atoms with Crippen LogP contribution in [-0.4, -0.2) is 81.8 Å².